The predicted octanol–water partition coefficient (Wildman–Crippen LogP) is 3.65. The van der Waals surface area contributed by atoms with E-state index in [2.05, 4.69) is 12.2 Å². The molecule has 1 amide bonds. The summed E-state index contributed by atoms with van der Waals surface area (Å²) in [4.78, 5) is 11.6. The first-order valence-electron chi connectivity index (χ1n) is 6.75. The van der Waals surface area contributed by atoms with Crippen LogP contribution >= 0.6 is 0 Å². The topological polar surface area (TPSA) is 49.3 Å². The third-order valence-electron chi connectivity index (χ3n) is 2.87. The Bertz CT molecular complexity index is 377. The Hall–Kier alpha value is -1.35. The second-order valence-corrected chi connectivity index (χ2v) is 4.58. The van der Waals surface area contributed by atoms with E-state index in [4.69, 9.17) is 0 Å². The lowest BCUT2D eigenvalue weighted by Crippen LogP contribution is -2.11. The Morgan fingerprint density at radius 1 is 1.33 bits per heavy atom. The minimum Gasteiger partial charge on any atom is -0.388 e. The largest absolute Gasteiger partial charge is 0.388 e. The van der Waals surface area contributed by atoms with E-state index in [-0.39, 0.29) is 5.91 Å². The molecule has 2 N–H and O–H groups in total. The van der Waals surface area contributed by atoms with Gasteiger partial charge in [-0.25, -0.2) is 0 Å². The zero-order valence-corrected chi connectivity index (χ0v) is 11.3. The molecule has 1 unspecified atom stereocenters. The van der Waals surface area contributed by atoms with Crippen LogP contribution in [0.15, 0.2) is 24.3 Å². The second-order valence-electron chi connectivity index (χ2n) is 4.58. The summed E-state index contributed by atoms with van der Waals surface area (Å²) in [6.07, 6.45) is 3.72. The molecular formula is C15H23NO2. The van der Waals surface area contributed by atoms with Gasteiger partial charge in [-0.15, -0.1) is 0 Å². The molecule has 1 aromatic carbocycles. The van der Waals surface area contributed by atoms with E-state index in [1.54, 1.807) is 0 Å². The van der Waals surface area contributed by atoms with Gasteiger partial charge in [0.25, 0.3) is 0 Å². The monoisotopic (exact) mass is 249 g/mol. The van der Waals surface area contributed by atoms with Crippen LogP contribution < -0.4 is 5.32 Å². The van der Waals surface area contributed by atoms with Crippen molar-refractivity contribution in [2.24, 2.45) is 0 Å². The summed E-state index contributed by atoms with van der Waals surface area (Å²) >= 11 is 0. The van der Waals surface area contributed by atoms with Gasteiger partial charge >= 0.3 is 0 Å². The predicted molar refractivity (Wildman–Crippen MR) is 74.5 cm³/mol. The molecule has 0 fully saturated rings. The highest BCUT2D eigenvalue weighted by Crippen LogP contribution is 2.21. The number of carbonyl (C=O) groups is 1. The van der Waals surface area contributed by atoms with Crippen LogP contribution in [-0.4, -0.2) is 11.0 Å². The lowest BCUT2D eigenvalue weighted by Gasteiger charge is -2.12. The van der Waals surface area contributed by atoms with Crippen LogP contribution in [-0.2, 0) is 4.79 Å². The molecule has 0 spiro atoms. The molecule has 0 radical (unpaired) electrons. The standard InChI is InChI=1S/C15H23NO2/c1-3-5-10-15(18)16-13-9-6-8-12(11-13)14(17)7-4-2/h6,8-9,11,14,17H,3-5,7,10H2,1-2H3,(H,16,18). The maximum Gasteiger partial charge on any atom is 0.224 e. The minimum absolute atomic E-state index is 0.0407. The average Bonchev–Trinajstić information content (AvgIpc) is 2.37. The SMILES string of the molecule is CCCCC(=O)Nc1cccc(C(O)CCC)c1. The molecule has 18 heavy (non-hydrogen) atoms. The summed E-state index contributed by atoms with van der Waals surface area (Å²) in [5.41, 5.74) is 1.63. The van der Waals surface area contributed by atoms with Crippen molar-refractivity contribution in [1.82, 2.24) is 0 Å². The third kappa shape index (κ3) is 4.88. The van der Waals surface area contributed by atoms with Gasteiger partial charge in [-0.3, -0.25) is 4.79 Å². The van der Waals surface area contributed by atoms with Crippen molar-refractivity contribution in [1.29, 1.82) is 0 Å². The molecule has 0 aliphatic carbocycles. The van der Waals surface area contributed by atoms with Crippen molar-refractivity contribution >= 4 is 11.6 Å². The van der Waals surface area contributed by atoms with Crippen molar-refractivity contribution in [2.75, 3.05) is 5.32 Å². The molecule has 0 aliphatic rings. The average molecular weight is 249 g/mol. The first kappa shape index (κ1) is 14.7. The van der Waals surface area contributed by atoms with E-state index in [1.807, 2.05) is 31.2 Å². The third-order valence-corrected chi connectivity index (χ3v) is 2.87. The van der Waals surface area contributed by atoms with Crippen LogP contribution in [0.3, 0.4) is 0 Å². The summed E-state index contributed by atoms with van der Waals surface area (Å²) in [7, 11) is 0. The van der Waals surface area contributed by atoms with Crippen molar-refractivity contribution < 1.29 is 9.90 Å². The quantitative estimate of drug-likeness (QED) is 0.775. The van der Waals surface area contributed by atoms with Gasteiger partial charge in [-0.05, 0) is 30.5 Å². The smallest absolute Gasteiger partial charge is 0.224 e. The number of rotatable bonds is 7. The van der Waals surface area contributed by atoms with E-state index in [1.165, 1.54) is 0 Å². The molecule has 0 saturated carbocycles. The van der Waals surface area contributed by atoms with Crippen LogP contribution in [0.4, 0.5) is 5.69 Å². The maximum absolute atomic E-state index is 11.6. The van der Waals surface area contributed by atoms with Crippen LogP contribution in [0.25, 0.3) is 0 Å². The van der Waals surface area contributed by atoms with E-state index in [0.29, 0.717) is 6.42 Å². The molecule has 3 heteroatoms. The number of anilines is 1. The molecule has 0 aliphatic heterocycles. The number of hydrogen-bond acceptors (Lipinski definition) is 2. The summed E-state index contributed by atoms with van der Waals surface area (Å²) in [5, 5.41) is 12.8. The van der Waals surface area contributed by atoms with Gasteiger partial charge in [0.2, 0.25) is 5.91 Å². The number of amides is 1. The zero-order valence-electron chi connectivity index (χ0n) is 11.3. The normalized spacial score (nSPS) is 12.2. The number of nitrogens with one attached hydrogen (secondary N) is 1. The Kier molecular flexibility index (Phi) is 6.44. The van der Waals surface area contributed by atoms with E-state index in [9.17, 15) is 9.90 Å². The summed E-state index contributed by atoms with van der Waals surface area (Å²) < 4.78 is 0. The summed E-state index contributed by atoms with van der Waals surface area (Å²) in [6.45, 7) is 4.11. The van der Waals surface area contributed by atoms with Crippen LogP contribution in [0.5, 0.6) is 0 Å². The Labute approximate surface area is 109 Å². The fraction of sp³-hybridized carbons (Fsp3) is 0.533. The molecule has 0 bridgehead atoms. The van der Waals surface area contributed by atoms with Crippen LogP contribution in [0.2, 0.25) is 0 Å². The highest BCUT2D eigenvalue weighted by molar-refractivity contribution is 5.90. The van der Waals surface area contributed by atoms with Crippen molar-refractivity contribution in [3.63, 3.8) is 0 Å². The Morgan fingerprint density at radius 2 is 2.11 bits per heavy atom. The first-order valence-corrected chi connectivity index (χ1v) is 6.75. The molecule has 0 saturated heterocycles. The van der Waals surface area contributed by atoms with Crippen molar-refractivity contribution in [3.05, 3.63) is 29.8 Å². The molecule has 3 nitrogen and oxygen atoms in total. The summed E-state index contributed by atoms with van der Waals surface area (Å²) in [6, 6.07) is 7.46. The van der Waals surface area contributed by atoms with Gasteiger partial charge in [0.15, 0.2) is 0 Å². The first-order chi connectivity index (χ1) is 8.67. The van der Waals surface area contributed by atoms with Gasteiger partial charge in [0.05, 0.1) is 6.10 Å². The maximum atomic E-state index is 11.6. The Balaban J connectivity index is 2.61. The van der Waals surface area contributed by atoms with Gasteiger partial charge in [0.1, 0.15) is 0 Å². The molecular weight excluding hydrogens is 226 g/mol. The van der Waals surface area contributed by atoms with E-state index >= 15 is 0 Å². The zero-order chi connectivity index (χ0) is 13.4. The fourth-order valence-corrected chi connectivity index (χ4v) is 1.82. The van der Waals surface area contributed by atoms with Crippen LogP contribution in [0, 0.1) is 0 Å². The number of hydrogen-bond donors (Lipinski definition) is 2. The Morgan fingerprint density at radius 3 is 2.78 bits per heavy atom. The van der Waals surface area contributed by atoms with E-state index in [0.717, 1.165) is 36.9 Å². The number of benzene rings is 1. The molecule has 0 aromatic heterocycles. The van der Waals surface area contributed by atoms with E-state index < -0.39 is 6.10 Å². The second kappa shape index (κ2) is 7.88. The molecule has 0 heterocycles. The molecule has 1 rings (SSSR count). The van der Waals surface area contributed by atoms with Gasteiger partial charge in [0, 0.05) is 12.1 Å². The molecule has 100 valence electrons. The highest BCUT2D eigenvalue weighted by atomic mass is 16.3. The number of aliphatic hydroxyl groups excluding tert-OH is 1. The number of aliphatic hydroxyl groups is 1. The molecule has 1 atom stereocenters. The lowest BCUT2D eigenvalue weighted by molar-refractivity contribution is -0.116. The van der Waals surface area contributed by atoms with Crippen molar-refractivity contribution in [3.8, 4) is 0 Å². The van der Waals surface area contributed by atoms with Gasteiger partial charge in [-0.2, -0.15) is 0 Å². The van der Waals surface area contributed by atoms with Crippen molar-refractivity contribution in [2.45, 2.75) is 52.1 Å². The summed E-state index contributed by atoms with van der Waals surface area (Å²) in [5.74, 6) is 0.0407. The van der Waals surface area contributed by atoms with Gasteiger partial charge in [-0.1, -0.05) is 38.8 Å². The lowest BCUT2D eigenvalue weighted by atomic mass is 10.0. The van der Waals surface area contributed by atoms with Gasteiger partial charge < -0.3 is 10.4 Å². The minimum atomic E-state index is -0.442. The number of carbonyl (C=O) groups excluding carboxylic acids is 1. The van der Waals surface area contributed by atoms with Crippen LogP contribution in [0.1, 0.15) is 57.6 Å². The highest BCUT2D eigenvalue weighted by Gasteiger charge is 2.08. The molecule has 1 aromatic rings. The number of unbranched alkanes of at least 4 members (excludes halogenated alkanes) is 1. The fourth-order valence-electron chi connectivity index (χ4n) is 1.82.